The van der Waals surface area contributed by atoms with Gasteiger partial charge in [0.1, 0.15) is 5.82 Å². The van der Waals surface area contributed by atoms with Crippen molar-refractivity contribution in [1.29, 1.82) is 0 Å². The molecule has 0 N–H and O–H groups in total. The summed E-state index contributed by atoms with van der Waals surface area (Å²) in [7, 11) is 1.47. The lowest BCUT2D eigenvalue weighted by molar-refractivity contribution is 0.111. The number of rotatable bonds is 10. The zero-order valence-corrected chi connectivity index (χ0v) is 13.0. The molecular weight excluding hydrogens is 273 g/mol. The average Bonchev–Trinajstić information content (AvgIpc) is 2.51. The van der Waals surface area contributed by atoms with Gasteiger partial charge in [0, 0.05) is 6.07 Å². The summed E-state index contributed by atoms with van der Waals surface area (Å²) in [6.45, 7) is 7.90. The Morgan fingerprint density at radius 3 is 2.48 bits per heavy atom. The van der Waals surface area contributed by atoms with Crippen molar-refractivity contribution in [2.24, 2.45) is 0 Å². The predicted molar refractivity (Wildman–Crippen MR) is 80.9 cm³/mol. The summed E-state index contributed by atoms with van der Waals surface area (Å²) in [5.41, 5.74) is -0.0271. The fourth-order valence-electron chi connectivity index (χ4n) is 2.07. The zero-order valence-electron chi connectivity index (χ0n) is 13.0. The van der Waals surface area contributed by atoms with Gasteiger partial charge in [-0.15, -0.1) is 0 Å². The molecule has 1 aromatic rings. The molecule has 0 aliphatic carbocycles. The molecule has 0 unspecified atom stereocenters. The summed E-state index contributed by atoms with van der Waals surface area (Å²) >= 11 is 0. The van der Waals surface area contributed by atoms with Crippen molar-refractivity contribution in [3.05, 3.63) is 23.5 Å². The lowest BCUT2D eigenvalue weighted by Crippen LogP contribution is -2.24. The van der Waals surface area contributed by atoms with Gasteiger partial charge in [-0.3, -0.25) is 4.79 Å². The molecule has 118 valence electrons. The highest BCUT2D eigenvalue weighted by molar-refractivity contribution is 5.76. The molecule has 5 heteroatoms. The molecule has 0 saturated heterocycles. The Kier molecular flexibility index (Phi) is 7.75. The first-order chi connectivity index (χ1) is 10.2. The van der Waals surface area contributed by atoms with Gasteiger partial charge in [0.15, 0.2) is 17.8 Å². The minimum atomic E-state index is -0.594. The number of hydrogen-bond acceptors (Lipinski definition) is 4. The smallest absolute Gasteiger partial charge is 0.164 e. The van der Waals surface area contributed by atoms with E-state index in [2.05, 4.69) is 18.7 Å². The van der Waals surface area contributed by atoms with Crippen molar-refractivity contribution < 1.29 is 18.7 Å². The first kappa shape index (κ1) is 17.4. The number of carbonyl (C=O) groups is 1. The standard InChI is InChI=1S/C16H24FNO3/c1-4-18(5-2)8-6-7-9-21-16-11-14(17)13(12-19)10-15(16)20-3/h10-12H,4-9H2,1-3H3. The normalized spacial score (nSPS) is 10.7. The average molecular weight is 297 g/mol. The van der Waals surface area contributed by atoms with E-state index in [1.54, 1.807) is 0 Å². The molecule has 1 aromatic carbocycles. The Hall–Kier alpha value is -1.62. The maximum absolute atomic E-state index is 13.6. The largest absolute Gasteiger partial charge is 0.493 e. The molecule has 0 radical (unpaired) electrons. The number of nitrogens with zero attached hydrogens (tertiary/aromatic N) is 1. The van der Waals surface area contributed by atoms with Crippen LogP contribution in [0.3, 0.4) is 0 Å². The number of hydrogen-bond donors (Lipinski definition) is 0. The van der Waals surface area contributed by atoms with Crippen LogP contribution in [-0.2, 0) is 0 Å². The first-order valence-electron chi connectivity index (χ1n) is 7.34. The molecule has 0 aromatic heterocycles. The van der Waals surface area contributed by atoms with E-state index < -0.39 is 5.82 Å². The van der Waals surface area contributed by atoms with Gasteiger partial charge in [0.05, 0.1) is 19.3 Å². The molecule has 1 rings (SSSR count). The third-order valence-electron chi connectivity index (χ3n) is 3.43. The van der Waals surface area contributed by atoms with Gasteiger partial charge >= 0.3 is 0 Å². The molecule has 0 bridgehead atoms. The Bertz CT molecular complexity index is 447. The summed E-state index contributed by atoms with van der Waals surface area (Å²) in [5.74, 6) is 0.120. The Labute approximate surface area is 125 Å². The fraction of sp³-hybridized carbons (Fsp3) is 0.562. The van der Waals surface area contributed by atoms with Crippen molar-refractivity contribution in [1.82, 2.24) is 4.90 Å². The highest BCUT2D eigenvalue weighted by atomic mass is 19.1. The molecule has 21 heavy (non-hydrogen) atoms. The van der Waals surface area contributed by atoms with Crippen LogP contribution in [0.1, 0.15) is 37.0 Å². The van der Waals surface area contributed by atoms with Crippen LogP contribution in [0.5, 0.6) is 11.5 Å². The molecule has 0 heterocycles. The van der Waals surface area contributed by atoms with E-state index in [0.717, 1.165) is 32.5 Å². The number of halogens is 1. The molecule has 0 aliphatic rings. The molecular formula is C16H24FNO3. The molecule has 0 spiro atoms. The van der Waals surface area contributed by atoms with E-state index in [4.69, 9.17) is 9.47 Å². The third-order valence-corrected chi connectivity index (χ3v) is 3.43. The van der Waals surface area contributed by atoms with Crippen LogP contribution < -0.4 is 9.47 Å². The quantitative estimate of drug-likeness (QED) is 0.491. The highest BCUT2D eigenvalue weighted by Gasteiger charge is 2.11. The second-order valence-corrected chi connectivity index (χ2v) is 4.72. The Morgan fingerprint density at radius 1 is 1.19 bits per heavy atom. The van der Waals surface area contributed by atoms with E-state index >= 15 is 0 Å². The number of methoxy groups -OCH3 is 1. The summed E-state index contributed by atoms with van der Waals surface area (Å²) in [5, 5.41) is 0. The third kappa shape index (κ3) is 5.34. The fourth-order valence-corrected chi connectivity index (χ4v) is 2.07. The topological polar surface area (TPSA) is 38.8 Å². The van der Waals surface area contributed by atoms with Crippen LogP contribution in [0, 0.1) is 5.82 Å². The molecule has 0 amide bonds. The molecule has 4 nitrogen and oxygen atoms in total. The number of carbonyl (C=O) groups excluding carboxylic acids is 1. The first-order valence-corrected chi connectivity index (χ1v) is 7.34. The number of benzene rings is 1. The predicted octanol–water partition coefficient (Wildman–Crippen LogP) is 3.15. The summed E-state index contributed by atoms with van der Waals surface area (Å²) in [6, 6.07) is 2.56. The Balaban J connectivity index is 2.48. The van der Waals surface area contributed by atoms with Gasteiger partial charge in [-0.2, -0.15) is 0 Å². The number of unbranched alkanes of at least 4 members (excludes halogenated alkanes) is 1. The lowest BCUT2D eigenvalue weighted by Gasteiger charge is -2.17. The monoisotopic (exact) mass is 297 g/mol. The number of ether oxygens (including phenoxy) is 2. The molecule has 0 atom stereocenters. The van der Waals surface area contributed by atoms with Gasteiger partial charge in [-0.1, -0.05) is 13.8 Å². The van der Waals surface area contributed by atoms with Crippen LogP contribution in [0.4, 0.5) is 4.39 Å². The summed E-state index contributed by atoms with van der Waals surface area (Å²) in [6.07, 6.45) is 2.38. The summed E-state index contributed by atoms with van der Waals surface area (Å²) < 4.78 is 24.2. The van der Waals surface area contributed by atoms with E-state index in [0.29, 0.717) is 24.4 Å². The van der Waals surface area contributed by atoms with Crippen LogP contribution in [0.15, 0.2) is 12.1 Å². The SMILES string of the molecule is CCN(CC)CCCCOc1cc(F)c(C=O)cc1OC. The minimum absolute atomic E-state index is 0.0271. The van der Waals surface area contributed by atoms with E-state index in [1.807, 2.05) is 0 Å². The van der Waals surface area contributed by atoms with Gasteiger partial charge < -0.3 is 14.4 Å². The van der Waals surface area contributed by atoms with Crippen LogP contribution in [0.25, 0.3) is 0 Å². The van der Waals surface area contributed by atoms with Crippen molar-refractivity contribution in [3.63, 3.8) is 0 Å². The number of aldehydes is 1. The van der Waals surface area contributed by atoms with Gasteiger partial charge in [-0.25, -0.2) is 4.39 Å². The van der Waals surface area contributed by atoms with Crippen molar-refractivity contribution >= 4 is 6.29 Å². The highest BCUT2D eigenvalue weighted by Crippen LogP contribution is 2.29. The van der Waals surface area contributed by atoms with E-state index in [1.165, 1.54) is 19.2 Å². The second-order valence-electron chi connectivity index (χ2n) is 4.72. The van der Waals surface area contributed by atoms with E-state index in [9.17, 15) is 9.18 Å². The zero-order chi connectivity index (χ0) is 15.7. The maximum atomic E-state index is 13.6. The molecule has 0 saturated carbocycles. The van der Waals surface area contributed by atoms with Gasteiger partial charge in [0.25, 0.3) is 0 Å². The van der Waals surface area contributed by atoms with Crippen LogP contribution in [-0.4, -0.2) is 44.5 Å². The maximum Gasteiger partial charge on any atom is 0.164 e. The second kappa shape index (κ2) is 9.34. The van der Waals surface area contributed by atoms with Crippen LogP contribution in [0.2, 0.25) is 0 Å². The van der Waals surface area contributed by atoms with Crippen LogP contribution >= 0.6 is 0 Å². The van der Waals surface area contributed by atoms with Gasteiger partial charge in [0.2, 0.25) is 0 Å². The molecule has 0 aliphatic heterocycles. The van der Waals surface area contributed by atoms with Crippen molar-refractivity contribution in [2.45, 2.75) is 26.7 Å². The summed E-state index contributed by atoms with van der Waals surface area (Å²) in [4.78, 5) is 13.0. The van der Waals surface area contributed by atoms with Crippen molar-refractivity contribution in [2.75, 3.05) is 33.4 Å². The van der Waals surface area contributed by atoms with E-state index in [-0.39, 0.29) is 5.56 Å². The lowest BCUT2D eigenvalue weighted by atomic mass is 10.2. The van der Waals surface area contributed by atoms with Gasteiger partial charge in [-0.05, 0) is 38.5 Å². The van der Waals surface area contributed by atoms with Crippen molar-refractivity contribution in [3.8, 4) is 11.5 Å². The minimum Gasteiger partial charge on any atom is -0.493 e. The molecule has 0 fully saturated rings. The Morgan fingerprint density at radius 2 is 1.90 bits per heavy atom.